The van der Waals surface area contributed by atoms with Crippen molar-refractivity contribution in [2.75, 3.05) is 0 Å². The molecule has 2 fully saturated rings. The predicted molar refractivity (Wildman–Crippen MR) is 39.6 cm³/mol. The molecule has 0 N–H and O–H groups in total. The van der Waals surface area contributed by atoms with Crippen molar-refractivity contribution in [3.05, 3.63) is 0 Å². The van der Waals surface area contributed by atoms with E-state index in [1.54, 1.807) is 0 Å². The molecule has 2 aliphatic rings. The second kappa shape index (κ2) is 1.63. The fourth-order valence-electron chi connectivity index (χ4n) is 2.70. The van der Waals surface area contributed by atoms with Crippen molar-refractivity contribution >= 4 is 5.78 Å². The maximum Gasteiger partial charge on any atom is 0.142 e. The lowest BCUT2D eigenvalue weighted by atomic mass is 9.56. The van der Waals surface area contributed by atoms with Crippen molar-refractivity contribution in [3.8, 4) is 0 Å². The van der Waals surface area contributed by atoms with E-state index in [0.29, 0.717) is 11.7 Å². The second-order valence-electron chi connectivity index (χ2n) is 4.23. The highest BCUT2D eigenvalue weighted by molar-refractivity contribution is 5.93. The van der Waals surface area contributed by atoms with Gasteiger partial charge in [0.2, 0.25) is 0 Å². The van der Waals surface area contributed by atoms with Gasteiger partial charge in [-0.3, -0.25) is 4.79 Å². The van der Waals surface area contributed by atoms with Crippen LogP contribution in [0.1, 0.15) is 33.1 Å². The topological polar surface area (TPSA) is 17.1 Å². The molecule has 56 valence electrons. The van der Waals surface area contributed by atoms with E-state index in [2.05, 4.69) is 13.8 Å². The molecule has 0 heterocycles. The van der Waals surface area contributed by atoms with Crippen LogP contribution in [0.15, 0.2) is 0 Å². The lowest BCUT2D eigenvalue weighted by molar-refractivity contribution is -0.150. The van der Waals surface area contributed by atoms with Crippen LogP contribution in [0.25, 0.3) is 0 Å². The number of fused-ring (bicyclic) bond motifs is 1. The van der Waals surface area contributed by atoms with Crippen LogP contribution in [0.2, 0.25) is 0 Å². The summed E-state index contributed by atoms with van der Waals surface area (Å²) in [6.07, 6.45) is 3.75. The van der Waals surface area contributed by atoms with E-state index in [9.17, 15) is 4.79 Å². The van der Waals surface area contributed by atoms with Gasteiger partial charge in [-0.05, 0) is 18.8 Å². The van der Waals surface area contributed by atoms with Crippen molar-refractivity contribution in [1.82, 2.24) is 0 Å². The summed E-state index contributed by atoms with van der Waals surface area (Å²) in [6, 6.07) is 0. The number of carbonyl (C=O) groups excluding carboxylic acids is 1. The van der Waals surface area contributed by atoms with E-state index >= 15 is 0 Å². The maximum absolute atomic E-state index is 11.4. The minimum Gasteiger partial charge on any atom is -0.299 e. The molecule has 0 amide bonds. The fourth-order valence-corrected chi connectivity index (χ4v) is 2.70. The molecule has 0 aromatic heterocycles. The Balaban J connectivity index is 2.23. The van der Waals surface area contributed by atoms with Gasteiger partial charge in [0.25, 0.3) is 0 Å². The molecule has 0 radical (unpaired) electrons. The predicted octanol–water partition coefficient (Wildman–Crippen LogP) is 2.01. The normalized spacial score (nSPS) is 42.8. The molecule has 0 aromatic rings. The minimum absolute atomic E-state index is 0.0428. The van der Waals surface area contributed by atoms with Gasteiger partial charge >= 0.3 is 0 Å². The van der Waals surface area contributed by atoms with Gasteiger partial charge in [-0.2, -0.15) is 0 Å². The van der Waals surface area contributed by atoms with Gasteiger partial charge in [0.15, 0.2) is 0 Å². The van der Waals surface area contributed by atoms with Crippen LogP contribution in [0, 0.1) is 17.3 Å². The summed E-state index contributed by atoms with van der Waals surface area (Å²) < 4.78 is 0. The van der Waals surface area contributed by atoms with Crippen molar-refractivity contribution in [3.63, 3.8) is 0 Å². The third kappa shape index (κ3) is 0.518. The molecule has 10 heavy (non-hydrogen) atoms. The van der Waals surface area contributed by atoms with E-state index < -0.39 is 0 Å². The van der Waals surface area contributed by atoms with Crippen LogP contribution >= 0.6 is 0 Å². The zero-order valence-corrected chi connectivity index (χ0v) is 6.68. The molecule has 0 aliphatic heterocycles. The average molecular weight is 138 g/mol. The van der Waals surface area contributed by atoms with Crippen molar-refractivity contribution in [2.24, 2.45) is 17.3 Å². The van der Waals surface area contributed by atoms with E-state index in [1.165, 1.54) is 19.3 Å². The Kier molecular flexibility index (Phi) is 1.04. The first kappa shape index (κ1) is 6.38. The Morgan fingerprint density at radius 2 is 2.10 bits per heavy atom. The summed E-state index contributed by atoms with van der Waals surface area (Å²) in [7, 11) is 0. The fraction of sp³-hybridized carbons (Fsp3) is 0.889. The van der Waals surface area contributed by atoms with Crippen LogP contribution in [0.5, 0.6) is 0 Å². The molecule has 0 aromatic carbocycles. The Hall–Kier alpha value is -0.330. The quantitative estimate of drug-likeness (QED) is 0.500. The van der Waals surface area contributed by atoms with Crippen LogP contribution in [-0.2, 0) is 4.79 Å². The van der Waals surface area contributed by atoms with Crippen LogP contribution in [0.4, 0.5) is 0 Å². The standard InChI is InChI=1S/C9H14O/c1-9(2)7-5-3-4-6(7)8(9)10/h6-7H,3-5H2,1-2H3/t6-,7-/m0/s1. The number of ketones is 1. The molecular formula is C9H14O. The highest BCUT2D eigenvalue weighted by Crippen LogP contribution is 2.55. The first-order valence-corrected chi connectivity index (χ1v) is 4.18. The molecule has 2 atom stereocenters. The van der Waals surface area contributed by atoms with Crippen molar-refractivity contribution < 1.29 is 4.79 Å². The third-order valence-corrected chi connectivity index (χ3v) is 3.41. The highest BCUT2D eigenvalue weighted by Gasteiger charge is 2.56. The van der Waals surface area contributed by atoms with Crippen molar-refractivity contribution in [2.45, 2.75) is 33.1 Å². The summed E-state index contributed by atoms with van der Waals surface area (Å²) in [4.78, 5) is 11.4. The third-order valence-electron chi connectivity index (χ3n) is 3.41. The summed E-state index contributed by atoms with van der Waals surface area (Å²) in [5.41, 5.74) is 0.0428. The first-order valence-electron chi connectivity index (χ1n) is 4.18. The SMILES string of the molecule is CC1(C)C(=O)[C@H]2CCC[C@@H]21. The molecule has 2 rings (SSSR count). The molecule has 0 saturated heterocycles. The Morgan fingerprint density at radius 1 is 1.40 bits per heavy atom. The molecule has 0 unspecified atom stereocenters. The van der Waals surface area contributed by atoms with Gasteiger partial charge in [-0.15, -0.1) is 0 Å². The Labute approximate surface area is 61.8 Å². The maximum atomic E-state index is 11.4. The first-order chi connectivity index (χ1) is 4.64. The van der Waals surface area contributed by atoms with E-state index in [0.717, 1.165) is 5.92 Å². The van der Waals surface area contributed by atoms with Gasteiger partial charge in [0.05, 0.1) is 0 Å². The van der Waals surface area contributed by atoms with E-state index in [1.807, 2.05) is 0 Å². The second-order valence-corrected chi connectivity index (χ2v) is 4.23. The molecule has 0 bridgehead atoms. The summed E-state index contributed by atoms with van der Waals surface area (Å²) in [5, 5.41) is 0. The van der Waals surface area contributed by atoms with Gasteiger partial charge in [0, 0.05) is 11.3 Å². The summed E-state index contributed by atoms with van der Waals surface area (Å²) in [5.74, 6) is 1.73. The smallest absolute Gasteiger partial charge is 0.142 e. The van der Waals surface area contributed by atoms with Gasteiger partial charge < -0.3 is 0 Å². The zero-order chi connectivity index (χ0) is 7.35. The largest absolute Gasteiger partial charge is 0.299 e. The molecule has 0 spiro atoms. The lowest BCUT2D eigenvalue weighted by Gasteiger charge is -2.46. The summed E-state index contributed by atoms with van der Waals surface area (Å²) in [6.45, 7) is 4.20. The molecular weight excluding hydrogens is 124 g/mol. The number of Topliss-reactive ketones (excluding diaryl/α,β-unsaturated/α-hetero) is 1. The van der Waals surface area contributed by atoms with Crippen LogP contribution < -0.4 is 0 Å². The minimum atomic E-state index is 0.0428. The van der Waals surface area contributed by atoms with Crippen LogP contribution in [-0.4, -0.2) is 5.78 Å². The number of hydrogen-bond acceptors (Lipinski definition) is 1. The van der Waals surface area contributed by atoms with Gasteiger partial charge in [-0.25, -0.2) is 0 Å². The van der Waals surface area contributed by atoms with Crippen LogP contribution in [0.3, 0.4) is 0 Å². The van der Waals surface area contributed by atoms with E-state index in [-0.39, 0.29) is 5.41 Å². The average Bonchev–Trinajstić information content (AvgIpc) is 2.31. The van der Waals surface area contributed by atoms with Crippen molar-refractivity contribution in [1.29, 1.82) is 0 Å². The monoisotopic (exact) mass is 138 g/mol. The Morgan fingerprint density at radius 3 is 2.70 bits per heavy atom. The number of carbonyl (C=O) groups is 1. The molecule has 1 nitrogen and oxygen atoms in total. The summed E-state index contributed by atoms with van der Waals surface area (Å²) >= 11 is 0. The molecule has 2 aliphatic carbocycles. The molecule has 1 heteroatoms. The number of rotatable bonds is 0. The highest BCUT2D eigenvalue weighted by atomic mass is 16.1. The zero-order valence-electron chi connectivity index (χ0n) is 6.68. The molecule has 2 saturated carbocycles. The van der Waals surface area contributed by atoms with Gasteiger partial charge in [-0.1, -0.05) is 20.3 Å². The van der Waals surface area contributed by atoms with Gasteiger partial charge in [0.1, 0.15) is 5.78 Å². The van der Waals surface area contributed by atoms with E-state index in [4.69, 9.17) is 0 Å². The lowest BCUT2D eigenvalue weighted by Crippen LogP contribution is -2.51. The number of hydrogen-bond donors (Lipinski definition) is 0. The Bertz CT molecular complexity index is 181.